The van der Waals surface area contributed by atoms with Crippen LogP contribution in [0, 0.1) is 0 Å². The summed E-state index contributed by atoms with van der Waals surface area (Å²) >= 11 is 1.46. The minimum Gasteiger partial charge on any atom is -0.370 e. The fraction of sp³-hybridized carbons (Fsp3) is 0.478. The van der Waals surface area contributed by atoms with E-state index in [0.717, 1.165) is 10.4 Å². The molecule has 160 valence electrons. The summed E-state index contributed by atoms with van der Waals surface area (Å²) in [7, 11) is 0. The van der Waals surface area contributed by atoms with Crippen LogP contribution in [-0.2, 0) is 9.53 Å². The molecule has 2 amide bonds. The molecule has 6 nitrogen and oxygen atoms in total. The van der Waals surface area contributed by atoms with E-state index >= 15 is 0 Å². The summed E-state index contributed by atoms with van der Waals surface area (Å²) in [6, 6.07) is 13.9. The number of nitrogens with zero attached hydrogens (tertiary/aromatic N) is 3. The number of carbonyl (C=O) groups excluding carboxylic acids is 2. The molecule has 3 heterocycles. The maximum absolute atomic E-state index is 13.0. The van der Waals surface area contributed by atoms with Crippen molar-refractivity contribution in [2.24, 2.45) is 0 Å². The molecule has 2 aromatic rings. The van der Waals surface area contributed by atoms with Gasteiger partial charge in [0.25, 0.3) is 5.91 Å². The van der Waals surface area contributed by atoms with Crippen LogP contribution in [0.1, 0.15) is 35.2 Å². The van der Waals surface area contributed by atoms with E-state index in [1.807, 2.05) is 45.5 Å². The molecule has 1 unspecified atom stereocenters. The Hall–Kier alpha value is -2.22. The molecule has 1 aromatic carbocycles. The lowest BCUT2D eigenvalue weighted by Gasteiger charge is -2.46. The van der Waals surface area contributed by atoms with Crippen LogP contribution >= 0.6 is 11.3 Å². The summed E-state index contributed by atoms with van der Waals surface area (Å²) in [4.78, 5) is 32.3. The molecule has 1 atom stereocenters. The van der Waals surface area contributed by atoms with Crippen molar-refractivity contribution in [3.05, 3.63) is 58.3 Å². The monoisotopic (exact) mass is 427 g/mol. The first-order chi connectivity index (χ1) is 14.4. The fourth-order valence-corrected chi connectivity index (χ4v) is 4.71. The maximum Gasteiger partial charge on any atom is 0.264 e. The van der Waals surface area contributed by atoms with Crippen molar-refractivity contribution < 1.29 is 14.3 Å². The number of thiophene rings is 1. The highest BCUT2D eigenvalue weighted by Crippen LogP contribution is 2.30. The normalized spacial score (nSPS) is 22.1. The Balaban J connectivity index is 1.34. The SMILES string of the molecule is CC1(C)COC(c2ccccc2)CN1CC(=O)N1CCN(C(=O)c2cccs2)CC1. The molecule has 0 spiro atoms. The second-order valence-electron chi connectivity index (χ2n) is 8.55. The Morgan fingerprint density at radius 2 is 1.73 bits per heavy atom. The van der Waals surface area contributed by atoms with E-state index in [1.54, 1.807) is 0 Å². The molecular weight excluding hydrogens is 398 g/mol. The highest BCUT2D eigenvalue weighted by atomic mass is 32.1. The van der Waals surface area contributed by atoms with Gasteiger partial charge in [-0.2, -0.15) is 0 Å². The summed E-state index contributed by atoms with van der Waals surface area (Å²) in [6.07, 6.45) is -0.0210. The predicted molar refractivity (Wildman–Crippen MR) is 118 cm³/mol. The smallest absolute Gasteiger partial charge is 0.264 e. The number of piperazine rings is 1. The van der Waals surface area contributed by atoms with E-state index in [9.17, 15) is 9.59 Å². The second kappa shape index (κ2) is 8.88. The number of morpholine rings is 1. The van der Waals surface area contributed by atoms with Crippen LogP contribution in [0.5, 0.6) is 0 Å². The van der Waals surface area contributed by atoms with Crippen molar-refractivity contribution in [1.29, 1.82) is 0 Å². The number of ether oxygens (including phenoxy) is 1. The van der Waals surface area contributed by atoms with Gasteiger partial charge in [0.15, 0.2) is 0 Å². The lowest BCUT2D eigenvalue weighted by molar-refractivity contribution is -0.143. The summed E-state index contributed by atoms with van der Waals surface area (Å²) in [5.41, 5.74) is 0.948. The Bertz CT molecular complexity index is 861. The van der Waals surface area contributed by atoms with Crippen molar-refractivity contribution in [1.82, 2.24) is 14.7 Å². The minimum absolute atomic E-state index is 0.0210. The van der Waals surface area contributed by atoms with Crippen molar-refractivity contribution in [2.75, 3.05) is 45.9 Å². The summed E-state index contributed by atoms with van der Waals surface area (Å²) in [6.45, 7) is 8.24. The molecule has 0 N–H and O–H groups in total. The van der Waals surface area contributed by atoms with Crippen LogP contribution < -0.4 is 0 Å². The molecule has 0 aliphatic carbocycles. The van der Waals surface area contributed by atoms with E-state index in [1.165, 1.54) is 11.3 Å². The zero-order valence-corrected chi connectivity index (χ0v) is 18.4. The topological polar surface area (TPSA) is 53.1 Å². The van der Waals surface area contributed by atoms with Crippen molar-refractivity contribution in [3.63, 3.8) is 0 Å². The first-order valence-corrected chi connectivity index (χ1v) is 11.3. The highest BCUT2D eigenvalue weighted by molar-refractivity contribution is 7.12. The van der Waals surface area contributed by atoms with Gasteiger partial charge in [-0.25, -0.2) is 0 Å². The third-order valence-corrected chi connectivity index (χ3v) is 6.89. The van der Waals surface area contributed by atoms with Gasteiger partial charge < -0.3 is 14.5 Å². The number of rotatable bonds is 4. The van der Waals surface area contributed by atoms with Crippen LogP contribution in [0.15, 0.2) is 47.8 Å². The third-order valence-electron chi connectivity index (χ3n) is 6.03. The van der Waals surface area contributed by atoms with Gasteiger partial charge in [-0.15, -0.1) is 11.3 Å². The van der Waals surface area contributed by atoms with Crippen LogP contribution in [0.25, 0.3) is 0 Å². The Morgan fingerprint density at radius 3 is 2.40 bits per heavy atom. The maximum atomic E-state index is 13.0. The average Bonchev–Trinajstić information content (AvgIpc) is 3.30. The third kappa shape index (κ3) is 4.58. The molecule has 2 saturated heterocycles. The molecule has 0 bridgehead atoms. The fourth-order valence-electron chi connectivity index (χ4n) is 4.02. The molecule has 0 saturated carbocycles. The number of amides is 2. The first-order valence-electron chi connectivity index (χ1n) is 10.5. The van der Waals surface area contributed by atoms with Crippen LogP contribution in [0.2, 0.25) is 0 Å². The quantitative estimate of drug-likeness (QED) is 0.753. The average molecular weight is 428 g/mol. The number of benzene rings is 1. The highest BCUT2D eigenvalue weighted by Gasteiger charge is 2.37. The standard InChI is InChI=1S/C23H29N3O3S/c1-23(2)17-29-19(18-7-4-3-5-8-18)15-26(23)16-21(27)24-10-12-25(13-11-24)22(28)20-9-6-14-30-20/h3-9,14,19H,10-13,15-17H2,1-2H3. The lowest BCUT2D eigenvalue weighted by atomic mass is 9.98. The number of carbonyl (C=O) groups is 2. The molecule has 4 rings (SSSR count). The Kier molecular flexibility index (Phi) is 6.22. The molecule has 30 heavy (non-hydrogen) atoms. The van der Waals surface area contributed by atoms with E-state index in [4.69, 9.17) is 4.74 Å². The summed E-state index contributed by atoms with van der Waals surface area (Å²) < 4.78 is 6.10. The zero-order valence-electron chi connectivity index (χ0n) is 17.6. The van der Waals surface area contributed by atoms with Crippen molar-refractivity contribution in [2.45, 2.75) is 25.5 Å². The molecule has 1 aromatic heterocycles. The van der Waals surface area contributed by atoms with Crippen molar-refractivity contribution >= 4 is 23.2 Å². The van der Waals surface area contributed by atoms with E-state index in [-0.39, 0.29) is 23.5 Å². The molecule has 0 radical (unpaired) electrons. The molecule has 2 aliphatic rings. The van der Waals surface area contributed by atoms with E-state index < -0.39 is 0 Å². The molecule has 2 fully saturated rings. The molecular formula is C23H29N3O3S. The van der Waals surface area contributed by atoms with Crippen molar-refractivity contribution in [3.8, 4) is 0 Å². The molecule has 7 heteroatoms. The minimum atomic E-state index is -0.197. The van der Waals surface area contributed by atoms with Crippen LogP contribution in [0.4, 0.5) is 0 Å². The van der Waals surface area contributed by atoms with Gasteiger partial charge in [0.1, 0.15) is 0 Å². The summed E-state index contributed by atoms with van der Waals surface area (Å²) in [5, 5.41) is 1.92. The largest absolute Gasteiger partial charge is 0.370 e. The van der Waals surface area contributed by atoms with Gasteiger partial charge in [0.05, 0.1) is 24.1 Å². The number of hydrogen-bond acceptors (Lipinski definition) is 5. The Morgan fingerprint density at radius 1 is 1.03 bits per heavy atom. The number of hydrogen-bond donors (Lipinski definition) is 0. The van der Waals surface area contributed by atoms with Gasteiger partial charge in [-0.05, 0) is 30.9 Å². The molecule has 2 aliphatic heterocycles. The second-order valence-corrected chi connectivity index (χ2v) is 9.50. The zero-order chi connectivity index (χ0) is 21.1. The van der Waals surface area contributed by atoms with Crippen LogP contribution in [0.3, 0.4) is 0 Å². The first kappa shape index (κ1) is 21.0. The van der Waals surface area contributed by atoms with Gasteiger partial charge >= 0.3 is 0 Å². The van der Waals surface area contributed by atoms with E-state index in [2.05, 4.69) is 30.9 Å². The Labute approximate surface area is 182 Å². The van der Waals surface area contributed by atoms with Gasteiger partial charge in [-0.3, -0.25) is 14.5 Å². The van der Waals surface area contributed by atoms with Gasteiger partial charge in [0, 0.05) is 38.3 Å². The summed E-state index contributed by atoms with van der Waals surface area (Å²) in [5.74, 6) is 0.192. The van der Waals surface area contributed by atoms with E-state index in [0.29, 0.717) is 45.9 Å². The van der Waals surface area contributed by atoms with Gasteiger partial charge in [0.2, 0.25) is 5.91 Å². The predicted octanol–water partition coefficient (Wildman–Crippen LogP) is 2.88. The van der Waals surface area contributed by atoms with Crippen LogP contribution in [-0.4, -0.2) is 77.9 Å². The lowest BCUT2D eigenvalue weighted by Crippen LogP contribution is -2.58. The van der Waals surface area contributed by atoms with Gasteiger partial charge in [-0.1, -0.05) is 36.4 Å².